The summed E-state index contributed by atoms with van der Waals surface area (Å²) in [6.45, 7) is 0.954. The summed E-state index contributed by atoms with van der Waals surface area (Å²) in [7, 11) is 1.95. The molecule has 2 aromatic rings. The highest BCUT2D eigenvalue weighted by atomic mass is 127. The Hall–Kier alpha value is -0.0500. The zero-order valence-electron chi connectivity index (χ0n) is 8.16. The van der Waals surface area contributed by atoms with Crippen LogP contribution < -0.4 is 5.32 Å². The zero-order valence-corrected chi connectivity index (χ0v) is 11.9. The number of rotatable bonds is 4. The second-order valence-electron chi connectivity index (χ2n) is 2.99. The Morgan fingerprint density at radius 3 is 3.00 bits per heavy atom. The summed E-state index contributed by atoms with van der Waals surface area (Å²) in [5.74, 6) is 0. The van der Waals surface area contributed by atoms with Crippen LogP contribution in [0.1, 0.15) is 5.01 Å². The minimum Gasteiger partial charge on any atom is -0.319 e. The average Bonchev–Trinajstić information content (AvgIpc) is 2.83. The third-order valence-corrected chi connectivity index (χ3v) is 4.69. The Bertz CT molecular complexity index is 438. The maximum atomic E-state index is 4.20. The van der Waals surface area contributed by atoms with Gasteiger partial charge in [-0.3, -0.25) is 0 Å². The highest BCUT2D eigenvalue weighted by Gasteiger charge is 2.07. The summed E-state index contributed by atoms with van der Waals surface area (Å²) >= 11 is 5.74. The van der Waals surface area contributed by atoms with Gasteiger partial charge < -0.3 is 5.32 Å². The number of nitrogens with one attached hydrogen (secondary N) is 1. The van der Waals surface area contributed by atoms with E-state index < -0.39 is 0 Å². The molecule has 0 aromatic carbocycles. The van der Waals surface area contributed by atoms with Gasteiger partial charge in [-0.1, -0.05) is 11.3 Å². The summed E-state index contributed by atoms with van der Waals surface area (Å²) < 4.78 is 1.29. The van der Waals surface area contributed by atoms with Gasteiger partial charge in [0.05, 0.1) is 2.88 Å². The summed E-state index contributed by atoms with van der Waals surface area (Å²) in [4.78, 5) is 0. The molecule has 6 heteroatoms. The topological polar surface area (TPSA) is 37.8 Å². The molecule has 0 aliphatic carbocycles. The fourth-order valence-electron chi connectivity index (χ4n) is 1.13. The van der Waals surface area contributed by atoms with Gasteiger partial charge in [0.1, 0.15) is 10.0 Å². The van der Waals surface area contributed by atoms with Crippen LogP contribution in [0.2, 0.25) is 0 Å². The Kier molecular flexibility index (Phi) is 4.06. The number of halogens is 1. The Morgan fingerprint density at radius 2 is 2.33 bits per heavy atom. The van der Waals surface area contributed by atoms with Gasteiger partial charge in [0.15, 0.2) is 0 Å². The van der Waals surface area contributed by atoms with Gasteiger partial charge in [-0.05, 0) is 35.7 Å². The van der Waals surface area contributed by atoms with Crippen molar-refractivity contribution in [3.05, 3.63) is 19.3 Å². The van der Waals surface area contributed by atoms with E-state index in [0.29, 0.717) is 0 Å². The Morgan fingerprint density at radius 1 is 1.47 bits per heavy atom. The third kappa shape index (κ3) is 2.96. The van der Waals surface area contributed by atoms with Crippen LogP contribution in [0.5, 0.6) is 0 Å². The molecule has 1 N–H and O–H groups in total. The molecule has 0 radical (unpaired) electrons. The number of nitrogens with zero attached hydrogens (tertiary/aromatic N) is 2. The monoisotopic (exact) mass is 351 g/mol. The lowest BCUT2D eigenvalue weighted by Crippen LogP contribution is -2.09. The maximum Gasteiger partial charge on any atom is 0.148 e. The molecule has 0 saturated carbocycles. The normalized spacial score (nSPS) is 10.8. The molecule has 80 valence electrons. The van der Waals surface area contributed by atoms with Crippen molar-refractivity contribution in [2.75, 3.05) is 13.6 Å². The molecular weight excluding hydrogens is 341 g/mol. The molecule has 0 unspecified atom stereocenters. The van der Waals surface area contributed by atoms with Gasteiger partial charge in [-0.15, -0.1) is 21.5 Å². The number of hydrogen-bond acceptors (Lipinski definition) is 5. The zero-order chi connectivity index (χ0) is 10.7. The largest absolute Gasteiger partial charge is 0.319 e. The van der Waals surface area contributed by atoms with E-state index in [0.717, 1.165) is 23.0 Å². The molecule has 2 heterocycles. The number of aromatic nitrogens is 2. The van der Waals surface area contributed by atoms with E-state index >= 15 is 0 Å². The average molecular weight is 351 g/mol. The van der Waals surface area contributed by atoms with E-state index in [-0.39, 0.29) is 0 Å². The van der Waals surface area contributed by atoms with Crippen LogP contribution in [-0.4, -0.2) is 23.8 Å². The second-order valence-corrected chi connectivity index (χ2v) is 6.86. The van der Waals surface area contributed by atoms with Crippen LogP contribution in [0.3, 0.4) is 0 Å². The van der Waals surface area contributed by atoms with Crippen molar-refractivity contribution in [2.24, 2.45) is 0 Å². The SMILES string of the molecule is CNCCc1nnc(-c2csc(I)c2)s1. The first-order valence-corrected chi connectivity index (χ1v) is 7.28. The molecule has 0 bridgehead atoms. The summed E-state index contributed by atoms with van der Waals surface area (Å²) in [6, 6.07) is 2.15. The maximum absolute atomic E-state index is 4.20. The van der Waals surface area contributed by atoms with Gasteiger partial charge >= 0.3 is 0 Å². The van der Waals surface area contributed by atoms with Gasteiger partial charge in [-0.25, -0.2) is 0 Å². The molecule has 0 amide bonds. The van der Waals surface area contributed by atoms with E-state index in [1.54, 1.807) is 22.7 Å². The molecule has 3 nitrogen and oxygen atoms in total. The van der Waals surface area contributed by atoms with Crippen molar-refractivity contribution in [1.82, 2.24) is 15.5 Å². The summed E-state index contributed by atoms with van der Waals surface area (Å²) in [6.07, 6.45) is 0.954. The van der Waals surface area contributed by atoms with E-state index in [4.69, 9.17) is 0 Å². The predicted molar refractivity (Wildman–Crippen MR) is 73.6 cm³/mol. The fourth-order valence-corrected chi connectivity index (χ4v) is 3.36. The van der Waals surface area contributed by atoms with Crippen LogP contribution in [0.4, 0.5) is 0 Å². The summed E-state index contributed by atoms with van der Waals surface area (Å²) in [5.41, 5.74) is 1.19. The van der Waals surface area contributed by atoms with E-state index in [1.807, 2.05) is 7.05 Å². The molecule has 15 heavy (non-hydrogen) atoms. The molecule has 2 aromatic heterocycles. The molecule has 0 saturated heterocycles. The van der Waals surface area contributed by atoms with E-state index in [9.17, 15) is 0 Å². The molecule has 0 spiro atoms. The molecule has 0 atom stereocenters. The lowest BCUT2D eigenvalue weighted by atomic mass is 10.4. The smallest absolute Gasteiger partial charge is 0.148 e. The van der Waals surface area contributed by atoms with Crippen LogP contribution in [0, 0.1) is 2.88 Å². The number of thiophene rings is 1. The first kappa shape index (κ1) is 11.4. The van der Waals surface area contributed by atoms with Crippen LogP contribution >= 0.6 is 45.3 Å². The molecule has 0 aliphatic rings. The van der Waals surface area contributed by atoms with E-state index in [2.05, 4.69) is 49.6 Å². The van der Waals surface area contributed by atoms with Gasteiger partial charge in [0.2, 0.25) is 0 Å². The van der Waals surface area contributed by atoms with Gasteiger partial charge in [-0.2, -0.15) is 0 Å². The lowest BCUT2D eigenvalue weighted by molar-refractivity contribution is 0.779. The molecule has 2 rings (SSSR count). The predicted octanol–water partition coefficient (Wildman–Crippen LogP) is 2.63. The fraction of sp³-hybridized carbons (Fsp3) is 0.333. The Balaban J connectivity index is 2.13. The van der Waals surface area contributed by atoms with Crippen molar-refractivity contribution < 1.29 is 0 Å². The first-order chi connectivity index (χ1) is 7.29. The van der Waals surface area contributed by atoms with Crippen molar-refractivity contribution in [2.45, 2.75) is 6.42 Å². The van der Waals surface area contributed by atoms with Crippen LogP contribution in [0.15, 0.2) is 11.4 Å². The highest BCUT2D eigenvalue weighted by Crippen LogP contribution is 2.28. The Labute approximate surface area is 110 Å². The number of likely N-dealkylation sites (N-methyl/N-ethyl adjacent to an activating group) is 1. The quantitative estimate of drug-likeness (QED) is 0.861. The number of hydrogen-bond donors (Lipinski definition) is 1. The highest BCUT2D eigenvalue weighted by molar-refractivity contribution is 14.1. The lowest BCUT2D eigenvalue weighted by Gasteiger charge is -1.91. The van der Waals surface area contributed by atoms with Crippen molar-refractivity contribution in [1.29, 1.82) is 0 Å². The van der Waals surface area contributed by atoms with Crippen LogP contribution in [0.25, 0.3) is 10.6 Å². The summed E-state index contributed by atoms with van der Waals surface area (Å²) in [5, 5.41) is 15.7. The van der Waals surface area contributed by atoms with Gasteiger partial charge in [0, 0.05) is 23.9 Å². The molecule has 0 aliphatic heterocycles. The minimum absolute atomic E-state index is 0.954. The van der Waals surface area contributed by atoms with Crippen molar-refractivity contribution in [3.63, 3.8) is 0 Å². The standard InChI is InChI=1S/C9H10IN3S2/c1-11-3-2-8-12-13-9(15-8)6-4-7(10)14-5-6/h4-5,11H,2-3H2,1H3. The third-order valence-electron chi connectivity index (χ3n) is 1.87. The van der Waals surface area contributed by atoms with Crippen molar-refractivity contribution >= 4 is 45.3 Å². The minimum atomic E-state index is 0.954. The van der Waals surface area contributed by atoms with Crippen molar-refractivity contribution in [3.8, 4) is 10.6 Å². The molecular formula is C9H10IN3S2. The second kappa shape index (κ2) is 5.33. The van der Waals surface area contributed by atoms with E-state index in [1.165, 1.54) is 8.45 Å². The molecule has 0 fully saturated rings. The van der Waals surface area contributed by atoms with Gasteiger partial charge in [0.25, 0.3) is 0 Å². The first-order valence-electron chi connectivity index (χ1n) is 4.51. The van der Waals surface area contributed by atoms with Crippen LogP contribution in [-0.2, 0) is 6.42 Å².